The lowest BCUT2D eigenvalue weighted by atomic mass is 10.1. The first-order valence-electron chi connectivity index (χ1n) is 5.85. The van der Waals surface area contributed by atoms with E-state index in [4.69, 9.17) is 10.4 Å². The number of hydrogen-bond donors (Lipinski definition) is 2. The molecule has 104 valence electrons. The van der Waals surface area contributed by atoms with Crippen molar-refractivity contribution in [2.75, 3.05) is 5.32 Å². The molecule has 1 amide bonds. The Bertz CT molecular complexity index is 749. The van der Waals surface area contributed by atoms with E-state index in [1.807, 2.05) is 0 Å². The second kappa shape index (κ2) is 5.84. The first kappa shape index (κ1) is 14.2. The van der Waals surface area contributed by atoms with Crippen LogP contribution in [-0.2, 0) is 0 Å². The molecular weight excluding hydrogens is 275 g/mol. The maximum atomic E-state index is 13.2. The Morgan fingerprint density at radius 3 is 2.29 bits per heavy atom. The lowest BCUT2D eigenvalue weighted by Gasteiger charge is -2.06. The van der Waals surface area contributed by atoms with Crippen LogP contribution in [0.15, 0.2) is 42.5 Å². The topological polar surface area (TPSA) is 90.2 Å². The fourth-order valence-corrected chi connectivity index (χ4v) is 1.66. The number of halogens is 1. The number of carboxylic acid groups (broad SMARTS) is 1. The number of aromatic carboxylic acids is 1. The van der Waals surface area contributed by atoms with E-state index in [9.17, 15) is 14.0 Å². The van der Waals surface area contributed by atoms with Crippen LogP contribution in [0, 0.1) is 17.1 Å². The van der Waals surface area contributed by atoms with Crippen molar-refractivity contribution >= 4 is 17.6 Å². The maximum Gasteiger partial charge on any atom is 0.335 e. The molecule has 0 aliphatic rings. The number of nitriles is 1. The van der Waals surface area contributed by atoms with Gasteiger partial charge in [0.1, 0.15) is 11.9 Å². The fourth-order valence-electron chi connectivity index (χ4n) is 1.66. The first-order chi connectivity index (χ1) is 10.0. The number of nitrogens with one attached hydrogen (secondary N) is 1. The molecule has 0 unspecified atom stereocenters. The molecule has 0 aliphatic heterocycles. The number of amides is 1. The van der Waals surface area contributed by atoms with Gasteiger partial charge in [0, 0.05) is 11.3 Å². The third kappa shape index (κ3) is 3.22. The van der Waals surface area contributed by atoms with Crippen LogP contribution >= 0.6 is 0 Å². The molecule has 0 saturated carbocycles. The fraction of sp³-hybridized carbons (Fsp3) is 0. The predicted octanol–water partition coefficient (Wildman–Crippen LogP) is 2.65. The van der Waals surface area contributed by atoms with Crippen LogP contribution in [0.2, 0.25) is 0 Å². The minimum atomic E-state index is -1.08. The highest BCUT2D eigenvalue weighted by Crippen LogP contribution is 2.15. The normalized spacial score (nSPS) is 9.71. The van der Waals surface area contributed by atoms with Gasteiger partial charge in [-0.25, -0.2) is 9.18 Å². The zero-order valence-corrected chi connectivity index (χ0v) is 10.6. The number of carbonyl (C=O) groups is 2. The average Bonchev–Trinajstić information content (AvgIpc) is 2.49. The number of carboxylic acids is 1. The molecule has 2 rings (SSSR count). The minimum Gasteiger partial charge on any atom is -0.478 e. The van der Waals surface area contributed by atoms with Gasteiger partial charge in [0.05, 0.1) is 11.1 Å². The summed E-state index contributed by atoms with van der Waals surface area (Å²) in [5, 5.41) is 20.0. The molecule has 0 aromatic heterocycles. The SMILES string of the molecule is N#Cc1cc(NC(=O)c2ccc(C(=O)O)cc2)ccc1F. The second-order valence-electron chi connectivity index (χ2n) is 4.14. The second-order valence-corrected chi connectivity index (χ2v) is 4.14. The summed E-state index contributed by atoms with van der Waals surface area (Å²) in [5.74, 6) is -2.23. The molecule has 0 radical (unpaired) electrons. The number of carbonyl (C=O) groups excluding carboxylic acids is 1. The molecule has 21 heavy (non-hydrogen) atoms. The Morgan fingerprint density at radius 2 is 1.71 bits per heavy atom. The van der Waals surface area contributed by atoms with Gasteiger partial charge in [-0.15, -0.1) is 0 Å². The van der Waals surface area contributed by atoms with Crippen molar-refractivity contribution in [3.8, 4) is 6.07 Å². The molecule has 5 nitrogen and oxygen atoms in total. The van der Waals surface area contributed by atoms with E-state index < -0.39 is 17.7 Å². The van der Waals surface area contributed by atoms with Gasteiger partial charge in [-0.1, -0.05) is 0 Å². The Balaban J connectivity index is 2.18. The molecule has 0 saturated heterocycles. The van der Waals surface area contributed by atoms with Gasteiger partial charge in [0.2, 0.25) is 0 Å². The number of benzene rings is 2. The molecule has 2 N–H and O–H groups in total. The molecule has 0 bridgehead atoms. The summed E-state index contributed by atoms with van der Waals surface area (Å²) in [5.41, 5.74) is 0.428. The third-order valence-corrected chi connectivity index (χ3v) is 2.74. The zero-order chi connectivity index (χ0) is 15.4. The largest absolute Gasteiger partial charge is 0.478 e. The average molecular weight is 284 g/mol. The summed E-state index contributed by atoms with van der Waals surface area (Å²) in [6.07, 6.45) is 0. The molecule has 0 fully saturated rings. The molecule has 0 spiro atoms. The Morgan fingerprint density at radius 1 is 1.10 bits per heavy atom. The highest BCUT2D eigenvalue weighted by molar-refractivity contribution is 6.04. The summed E-state index contributed by atoms with van der Waals surface area (Å²) in [7, 11) is 0. The van der Waals surface area contributed by atoms with Crippen molar-refractivity contribution in [1.29, 1.82) is 5.26 Å². The van der Waals surface area contributed by atoms with E-state index in [1.54, 1.807) is 6.07 Å². The predicted molar refractivity (Wildman–Crippen MR) is 72.5 cm³/mol. The minimum absolute atomic E-state index is 0.0695. The Kier molecular flexibility index (Phi) is 3.95. The van der Waals surface area contributed by atoms with E-state index in [0.29, 0.717) is 0 Å². The van der Waals surface area contributed by atoms with Gasteiger partial charge < -0.3 is 10.4 Å². The highest BCUT2D eigenvalue weighted by atomic mass is 19.1. The lowest BCUT2D eigenvalue weighted by molar-refractivity contribution is 0.0696. The number of hydrogen-bond acceptors (Lipinski definition) is 3. The van der Waals surface area contributed by atoms with Crippen molar-refractivity contribution < 1.29 is 19.1 Å². The van der Waals surface area contributed by atoms with Crippen molar-refractivity contribution in [2.45, 2.75) is 0 Å². The van der Waals surface area contributed by atoms with E-state index in [-0.39, 0.29) is 22.4 Å². The molecule has 2 aromatic rings. The maximum absolute atomic E-state index is 13.2. The highest BCUT2D eigenvalue weighted by Gasteiger charge is 2.09. The van der Waals surface area contributed by atoms with Crippen LogP contribution in [0.3, 0.4) is 0 Å². The summed E-state index contributed by atoms with van der Waals surface area (Å²) >= 11 is 0. The molecule has 6 heteroatoms. The van der Waals surface area contributed by atoms with Crippen molar-refractivity contribution in [1.82, 2.24) is 0 Å². The van der Waals surface area contributed by atoms with Crippen molar-refractivity contribution in [3.05, 3.63) is 65.0 Å². The van der Waals surface area contributed by atoms with Gasteiger partial charge in [-0.2, -0.15) is 5.26 Å². The molecule has 0 heterocycles. The van der Waals surface area contributed by atoms with Crippen LogP contribution in [0.4, 0.5) is 10.1 Å². The quantitative estimate of drug-likeness (QED) is 0.906. The van der Waals surface area contributed by atoms with Gasteiger partial charge >= 0.3 is 5.97 Å². The first-order valence-corrected chi connectivity index (χ1v) is 5.85. The molecule has 0 aliphatic carbocycles. The summed E-state index contributed by atoms with van der Waals surface area (Å²) < 4.78 is 13.2. The molecular formula is C15H9FN2O3. The number of anilines is 1. The van der Waals surface area contributed by atoms with Crippen molar-refractivity contribution in [2.24, 2.45) is 0 Å². The number of rotatable bonds is 3. The Hall–Kier alpha value is -3.20. The van der Waals surface area contributed by atoms with Crippen molar-refractivity contribution in [3.63, 3.8) is 0 Å². The van der Waals surface area contributed by atoms with Crippen LogP contribution < -0.4 is 5.32 Å². The van der Waals surface area contributed by atoms with Gasteiger partial charge in [-0.3, -0.25) is 4.79 Å². The lowest BCUT2D eigenvalue weighted by Crippen LogP contribution is -2.12. The molecule has 0 atom stereocenters. The summed E-state index contributed by atoms with van der Waals surface area (Å²) in [6.45, 7) is 0. The number of nitrogens with zero attached hydrogens (tertiary/aromatic N) is 1. The van der Waals surface area contributed by atoms with E-state index in [2.05, 4.69) is 5.32 Å². The van der Waals surface area contributed by atoms with E-state index in [0.717, 1.165) is 6.07 Å². The van der Waals surface area contributed by atoms with Gasteiger partial charge in [0.25, 0.3) is 5.91 Å². The van der Waals surface area contributed by atoms with Crippen LogP contribution in [0.25, 0.3) is 0 Å². The zero-order valence-electron chi connectivity index (χ0n) is 10.6. The van der Waals surface area contributed by atoms with Crippen LogP contribution in [0.5, 0.6) is 0 Å². The van der Waals surface area contributed by atoms with Gasteiger partial charge in [0.15, 0.2) is 0 Å². The monoisotopic (exact) mass is 284 g/mol. The molecule has 2 aromatic carbocycles. The third-order valence-electron chi connectivity index (χ3n) is 2.74. The smallest absolute Gasteiger partial charge is 0.335 e. The van der Waals surface area contributed by atoms with E-state index >= 15 is 0 Å². The standard InChI is InChI=1S/C15H9FN2O3/c16-13-6-5-12(7-11(13)8-17)18-14(19)9-1-3-10(4-2-9)15(20)21/h1-7H,(H,18,19)(H,20,21). The van der Waals surface area contributed by atoms with Crippen LogP contribution in [0.1, 0.15) is 26.3 Å². The van der Waals surface area contributed by atoms with Crippen LogP contribution in [-0.4, -0.2) is 17.0 Å². The summed E-state index contributed by atoms with van der Waals surface area (Å²) in [6, 6.07) is 10.7. The van der Waals surface area contributed by atoms with E-state index in [1.165, 1.54) is 36.4 Å². The summed E-state index contributed by atoms with van der Waals surface area (Å²) in [4.78, 5) is 22.7. The Labute approximate surface area is 119 Å². The van der Waals surface area contributed by atoms with Gasteiger partial charge in [-0.05, 0) is 42.5 Å².